The molecule has 0 spiro atoms. The number of rotatable bonds is 3. The van der Waals surface area contributed by atoms with Crippen molar-refractivity contribution in [3.63, 3.8) is 0 Å². The molecule has 0 unspecified atom stereocenters. The van der Waals surface area contributed by atoms with Gasteiger partial charge in [-0.05, 0) is 37.2 Å². The minimum Gasteiger partial charge on any atom is -0.359 e. The Morgan fingerprint density at radius 1 is 1.33 bits per heavy atom. The molecule has 4 nitrogen and oxygen atoms in total. The minimum atomic E-state index is 0.504. The fraction of sp³-hybridized carbons (Fsp3) is 0.462. The first-order valence-electron chi connectivity index (χ1n) is 6.35. The summed E-state index contributed by atoms with van der Waals surface area (Å²) in [6.45, 7) is 0. The topological polar surface area (TPSA) is 49.3 Å². The summed E-state index contributed by atoms with van der Waals surface area (Å²) in [7, 11) is 0. The molecule has 2 N–H and O–H groups in total. The van der Waals surface area contributed by atoms with Crippen molar-refractivity contribution >= 4 is 23.5 Å². The van der Waals surface area contributed by atoms with Crippen molar-refractivity contribution in [3.05, 3.63) is 30.1 Å². The van der Waals surface area contributed by atoms with Crippen LogP contribution in [0, 0.1) is 0 Å². The van der Waals surface area contributed by atoms with Crippen LogP contribution in [0.4, 0.5) is 0 Å². The fourth-order valence-electron chi connectivity index (χ4n) is 2.07. The molecule has 2 rings (SSSR count). The maximum absolute atomic E-state index is 5.19. The van der Waals surface area contributed by atoms with Crippen LogP contribution in [-0.2, 0) is 0 Å². The lowest BCUT2D eigenvalue weighted by molar-refractivity contribution is 0.412. The van der Waals surface area contributed by atoms with Crippen LogP contribution < -0.4 is 10.7 Å². The summed E-state index contributed by atoms with van der Waals surface area (Å²) in [6.07, 6.45) is 9.72. The van der Waals surface area contributed by atoms with Crippen LogP contribution in [0.3, 0.4) is 0 Å². The van der Waals surface area contributed by atoms with Gasteiger partial charge in [0.2, 0.25) is 0 Å². The Morgan fingerprint density at radius 2 is 2.17 bits per heavy atom. The summed E-state index contributed by atoms with van der Waals surface area (Å²) >= 11 is 5.19. The minimum absolute atomic E-state index is 0.504. The van der Waals surface area contributed by atoms with E-state index in [-0.39, 0.29) is 0 Å². The van der Waals surface area contributed by atoms with Gasteiger partial charge in [0, 0.05) is 12.2 Å². The number of nitrogens with zero attached hydrogens (tertiary/aromatic N) is 2. The average Bonchev–Trinajstić information content (AvgIpc) is 2.41. The van der Waals surface area contributed by atoms with Gasteiger partial charge in [-0.25, -0.2) is 0 Å². The summed E-state index contributed by atoms with van der Waals surface area (Å²) in [5.74, 6) is 0. The second-order valence-corrected chi connectivity index (χ2v) is 4.84. The zero-order chi connectivity index (χ0) is 12.6. The zero-order valence-corrected chi connectivity index (χ0v) is 11.1. The first-order valence-corrected chi connectivity index (χ1v) is 6.76. The van der Waals surface area contributed by atoms with E-state index in [2.05, 4.69) is 20.8 Å². The van der Waals surface area contributed by atoms with Gasteiger partial charge >= 0.3 is 0 Å². The average molecular weight is 262 g/mol. The highest BCUT2D eigenvalue weighted by Crippen LogP contribution is 2.17. The molecule has 0 amide bonds. The summed E-state index contributed by atoms with van der Waals surface area (Å²) in [4.78, 5) is 4.14. The Labute approximate surface area is 113 Å². The van der Waals surface area contributed by atoms with Crippen LogP contribution in [0.1, 0.15) is 37.8 Å². The van der Waals surface area contributed by atoms with E-state index in [1.165, 1.54) is 32.1 Å². The van der Waals surface area contributed by atoms with E-state index in [0.29, 0.717) is 11.2 Å². The molecule has 1 aromatic rings. The summed E-state index contributed by atoms with van der Waals surface area (Å²) in [6, 6.07) is 6.19. The van der Waals surface area contributed by atoms with Gasteiger partial charge in [-0.1, -0.05) is 25.3 Å². The maximum atomic E-state index is 5.19. The van der Waals surface area contributed by atoms with Gasteiger partial charge in [-0.2, -0.15) is 5.10 Å². The molecule has 1 aliphatic carbocycles. The first kappa shape index (κ1) is 13.0. The van der Waals surface area contributed by atoms with Crippen LogP contribution in [0.15, 0.2) is 29.5 Å². The smallest absolute Gasteiger partial charge is 0.187 e. The second-order valence-electron chi connectivity index (χ2n) is 4.43. The third-order valence-corrected chi connectivity index (χ3v) is 3.20. The largest absolute Gasteiger partial charge is 0.359 e. The summed E-state index contributed by atoms with van der Waals surface area (Å²) < 4.78 is 0. The molecule has 0 radical (unpaired) electrons. The van der Waals surface area contributed by atoms with Crippen molar-refractivity contribution in [2.45, 2.75) is 38.1 Å². The first-order chi connectivity index (χ1) is 8.84. The molecule has 96 valence electrons. The van der Waals surface area contributed by atoms with Crippen LogP contribution in [0.2, 0.25) is 0 Å². The van der Waals surface area contributed by atoms with Crippen LogP contribution in [0.25, 0.3) is 0 Å². The number of pyridine rings is 1. The van der Waals surface area contributed by atoms with Gasteiger partial charge in [0.1, 0.15) is 0 Å². The summed E-state index contributed by atoms with van der Waals surface area (Å²) in [5.41, 5.74) is 3.64. The standard InChI is InChI=1S/C13H18N4S/c18-13(16-11-6-2-1-3-7-11)17-15-10-12-8-4-5-9-14-12/h4-5,8-11H,1-3,6-7H2,(H2,16,17,18). The van der Waals surface area contributed by atoms with E-state index in [1.54, 1.807) is 12.4 Å². The number of aromatic nitrogens is 1. The highest BCUT2D eigenvalue weighted by atomic mass is 32.1. The van der Waals surface area contributed by atoms with E-state index in [1.807, 2.05) is 18.2 Å². The third kappa shape index (κ3) is 4.41. The lowest BCUT2D eigenvalue weighted by Crippen LogP contribution is -2.40. The van der Waals surface area contributed by atoms with Gasteiger partial charge in [-0.3, -0.25) is 10.4 Å². The molecule has 1 saturated carbocycles. The lowest BCUT2D eigenvalue weighted by Gasteiger charge is -2.23. The van der Waals surface area contributed by atoms with Crippen molar-refractivity contribution in [1.82, 2.24) is 15.7 Å². The molecule has 5 heteroatoms. The van der Waals surface area contributed by atoms with Crippen molar-refractivity contribution in [3.8, 4) is 0 Å². The Kier molecular flexibility index (Phi) is 5.08. The van der Waals surface area contributed by atoms with Gasteiger partial charge in [0.15, 0.2) is 5.11 Å². The van der Waals surface area contributed by atoms with E-state index < -0.39 is 0 Å². The van der Waals surface area contributed by atoms with Gasteiger partial charge < -0.3 is 5.32 Å². The maximum Gasteiger partial charge on any atom is 0.187 e. The molecule has 1 heterocycles. The van der Waals surface area contributed by atoms with Crippen molar-refractivity contribution in [2.24, 2.45) is 5.10 Å². The lowest BCUT2D eigenvalue weighted by atomic mass is 9.96. The van der Waals surface area contributed by atoms with Gasteiger partial charge in [0.05, 0.1) is 11.9 Å². The number of hydrogen-bond donors (Lipinski definition) is 2. The number of thiocarbonyl (C=S) groups is 1. The molecule has 18 heavy (non-hydrogen) atoms. The van der Waals surface area contributed by atoms with E-state index in [9.17, 15) is 0 Å². The van der Waals surface area contributed by atoms with E-state index in [4.69, 9.17) is 12.2 Å². The quantitative estimate of drug-likeness (QED) is 0.498. The van der Waals surface area contributed by atoms with E-state index >= 15 is 0 Å². The molecule has 0 aromatic carbocycles. The number of hydrogen-bond acceptors (Lipinski definition) is 3. The predicted octanol–water partition coefficient (Wildman–Crippen LogP) is 2.21. The fourth-order valence-corrected chi connectivity index (χ4v) is 2.29. The molecule has 0 atom stereocenters. The van der Waals surface area contributed by atoms with Crippen LogP contribution >= 0.6 is 12.2 Å². The normalized spacial score (nSPS) is 16.7. The monoisotopic (exact) mass is 262 g/mol. The third-order valence-electron chi connectivity index (χ3n) is 2.99. The van der Waals surface area contributed by atoms with Crippen LogP contribution in [-0.4, -0.2) is 22.4 Å². The molecule has 0 aliphatic heterocycles. The van der Waals surface area contributed by atoms with Crippen molar-refractivity contribution in [2.75, 3.05) is 0 Å². The van der Waals surface area contributed by atoms with E-state index in [0.717, 1.165) is 5.69 Å². The summed E-state index contributed by atoms with van der Waals surface area (Å²) in [5, 5.41) is 7.95. The number of nitrogens with one attached hydrogen (secondary N) is 2. The molecule has 1 aromatic heterocycles. The van der Waals surface area contributed by atoms with Crippen molar-refractivity contribution < 1.29 is 0 Å². The highest BCUT2D eigenvalue weighted by molar-refractivity contribution is 7.80. The highest BCUT2D eigenvalue weighted by Gasteiger charge is 2.13. The van der Waals surface area contributed by atoms with Gasteiger partial charge in [0.25, 0.3) is 0 Å². The van der Waals surface area contributed by atoms with Crippen molar-refractivity contribution in [1.29, 1.82) is 0 Å². The molecule has 1 aliphatic rings. The molecular formula is C13H18N4S. The molecule has 0 saturated heterocycles. The number of hydrazone groups is 1. The molecular weight excluding hydrogens is 244 g/mol. The second kappa shape index (κ2) is 7.06. The Hall–Kier alpha value is -1.49. The Morgan fingerprint density at radius 3 is 2.89 bits per heavy atom. The Bertz CT molecular complexity index is 399. The van der Waals surface area contributed by atoms with Gasteiger partial charge in [-0.15, -0.1) is 0 Å². The molecule has 0 bridgehead atoms. The van der Waals surface area contributed by atoms with Crippen LogP contribution in [0.5, 0.6) is 0 Å². The molecule has 1 fully saturated rings. The predicted molar refractivity (Wildman–Crippen MR) is 77.6 cm³/mol. The zero-order valence-electron chi connectivity index (χ0n) is 10.3. The Balaban J connectivity index is 1.72. The SMILES string of the molecule is S=C(NN=Cc1ccccn1)NC1CCCCC1.